The van der Waals surface area contributed by atoms with Crippen LogP contribution < -0.4 is 0 Å². The van der Waals surface area contributed by atoms with E-state index in [1.807, 2.05) is 24.5 Å². The zero-order chi connectivity index (χ0) is 39.3. The second-order valence-corrected chi connectivity index (χ2v) is 15.9. The summed E-state index contributed by atoms with van der Waals surface area (Å²) in [4.78, 5) is 14.9. The molecule has 13 rings (SSSR count). The molecule has 0 radical (unpaired) electrons. The van der Waals surface area contributed by atoms with Gasteiger partial charge in [-0.3, -0.25) is 9.97 Å². The van der Waals surface area contributed by atoms with E-state index in [0.29, 0.717) is 0 Å². The predicted octanol–water partition coefficient (Wildman–Crippen LogP) is 15.3. The Bertz CT molecular complexity index is 3940. The summed E-state index contributed by atoms with van der Waals surface area (Å²) in [5.41, 5.74) is 9.63. The maximum absolute atomic E-state index is 5.44. The van der Waals surface area contributed by atoms with Crippen molar-refractivity contribution in [1.29, 1.82) is 0 Å². The molecule has 10 aromatic carbocycles. The van der Waals surface area contributed by atoms with E-state index in [-0.39, 0.29) is 0 Å². The van der Waals surface area contributed by atoms with E-state index in [0.717, 1.165) is 49.7 Å². The van der Waals surface area contributed by atoms with Gasteiger partial charge in [-0.05, 0) is 119 Å². The van der Waals surface area contributed by atoms with Crippen LogP contribution in [0.5, 0.6) is 0 Å². The molecule has 0 aliphatic rings. The van der Waals surface area contributed by atoms with Crippen LogP contribution in [0, 0.1) is 0 Å². The Morgan fingerprint density at radius 2 is 0.800 bits per heavy atom. The third kappa shape index (κ3) is 4.81. The molecule has 3 heterocycles. The quantitative estimate of drug-likeness (QED) is 0.168. The molecule has 0 aliphatic carbocycles. The Kier molecular flexibility index (Phi) is 7.01. The molecule has 3 nitrogen and oxygen atoms in total. The number of para-hydroxylation sites is 1. The Balaban J connectivity index is 1.01. The molecule has 276 valence electrons. The molecule has 0 bridgehead atoms. The minimum absolute atomic E-state index is 0.928. The Morgan fingerprint density at radius 3 is 1.53 bits per heavy atom. The summed E-state index contributed by atoms with van der Waals surface area (Å²) in [5, 5.41) is 18.2. The molecule has 60 heavy (non-hydrogen) atoms. The molecule has 0 aliphatic heterocycles. The van der Waals surface area contributed by atoms with Gasteiger partial charge in [-0.15, -0.1) is 0 Å². The zero-order valence-electron chi connectivity index (χ0n) is 32.4. The van der Waals surface area contributed by atoms with Gasteiger partial charge in [0.2, 0.25) is 0 Å². The highest BCUT2D eigenvalue weighted by molar-refractivity contribution is 6.33. The van der Waals surface area contributed by atoms with E-state index < -0.39 is 0 Å². The van der Waals surface area contributed by atoms with Gasteiger partial charge in [0.1, 0.15) is 0 Å². The molecular weight excluding hydrogens is 727 g/mol. The standard InChI is InChI=1S/C57H33N3/c1-2-18-42-41(17-1)50-31-35(24-26-43(50)44-27-25-36(32-51(42)44)49-33-38-14-10-28-58-56(38)57-47(49)22-11-29-59-57)34-12-9-13-37(30-34)55-54-46-20-6-4-16-40(46)39-15-3-5-19-45(39)53(54)48-21-7-8-23-52(48)60-55/h1-33H. The molecule has 0 atom stereocenters. The fourth-order valence-electron chi connectivity index (χ4n) is 10.0. The number of fused-ring (bicyclic) bond motifs is 17. The van der Waals surface area contributed by atoms with E-state index in [2.05, 4.69) is 176 Å². The minimum atomic E-state index is 0.928. The lowest BCUT2D eigenvalue weighted by atomic mass is 9.88. The highest BCUT2D eigenvalue weighted by Gasteiger charge is 2.19. The van der Waals surface area contributed by atoms with E-state index in [1.165, 1.54) is 81.1 Å². The third-order valence-electron chi connectivity index (χ3n) is 12.7. The summed E-state index contributed by atoms with van der Waals surface area (Å²) < 4.78 is 0. The average Bonchev–Trinajstić information content (AvgIpc) is 3.33. The SMILES string of the molecule is c1cc(-c2ccc3c4ccc(-c5cc6cccnc6c6ncccc56)cc4c4ccccc4c3c2)cc(-c2nc3ccccc3c3c4ccccc4c4ccccc4c23)c1. The van der Waals surface area contributed by atoms with Crippen LogP contribution in [-0.2, 0) is 0 Å². The zero-order valence-corrected chi connectivity index (χ0v) is 32.4. The molecule has 0 spiro atoms. The number of benzene rings is 10. The van der Waals surface area contributed by atoms with Crippen LogP contribution in [-0.4, -0.2) is 15.0 Å². The molecule has 0 fully saturated rings. The summed E-state index contributed by atoms with van der Waals surface area (Å²) in [6.45, 7) is 0. The first-order valence-corrected chi connectivity index (χ1v) is 20.5. The molecule has 0 amide bonds. The van der Waals surface area contributed by atoms with Gasteiger partial charge in [-0.1, -0.05) is 146 Å². The average molecular weight is 760 g/mol. The number of nitrogens with zero attached hydrogens (tertiary/aromatic N) is 3. The van der Waals surface area contributed by atoms with Gasteiger partial charge in [0, 0.05) is 44.9 Å². The summed E-state index contributed by atoms with van der Waals surface area (Å²) >= 11 is 0. The monoisotopic (exact) mass is 759 g/mol. The van der Waals surface area contributed by atoms with Crippen LogP contribution in [0.1, 0.15) is 0 Å². The highest BCUT2D eigenvalue weighted by atomic mass is 14.7. The van der Waals surface area contributed by atoms with Crippen molar-refractivity contribution in [2.45, 2.75) is 0 Å². The van der Waals surface area contributed by atoms with Crippen LogP contribution in [0.15, 0.2) is 200 Å². The van der Waals surface area contributed by atoms with Crippen LogP contribution in [0.3, 0.4) is 0 Å². The van der Waals surface area contributed by atoms with Crippen LogP contribution >= 0.6 is 0 Å². The lowest BCUT2D eigenvalue weighted by Gasteiger charge is -2.17. The Labute approximate surface area is 344 Å². The summed E-state index contributed by atoms with van der Waals surface area (Å²) in [5.74, 6) is 0. The molecule has 3 heteroatoms. The van der Waals surface area contributed by atoms with Gasteiger partial charge in [-0.2, -0.15) is 0 Å². The first-order chi connectivity index (χ1) is 29.8. The summed E-state index contributed by atoms with van der Waals surface area (Å²) in [7, 11) is 0. The summed E-state index contributed by atoms with van der Waals surface area (Å²) in [6.07, 6.45) is 3.70. The van der Waals surface area contributed by atoms with E-state index in [4.69, 9.17) is 15.0 Å². The molecule has 0 saturated heterocycles. The molecule has 0 saturated carbocycles. The first-order valence-electron chi connectivity index (χ1n) is 20.5. The molecule has 0 unspecified atom stereocenters. The Morgan fingerprint density at radius 1 is 0.283 bits per heavy atom. The van der Waals surface area contributed by atoms with Crippen molar-refractivity contribution in [3.63, 3.8) is 0 Å². The van der Waals surface area contributed by atoms with Gasteiger partial charge in [0.25, 0.3) is 0 Å². The second-order valence-electron chi connectivity index (χ2n) is 15.9. The normalized spacial score (nSPS) is 12.0. The lowest BCUT2D eigenvalue weighted by Crippen LogP contribution is -1.93. The fourth-order valence-corrected chi connectivity index (χ4v) is 10.0. The molecule has 0 N–H and O–H groups in total. The van der Waals surface area contributed by atoms with Gasteiger partial charge >= 0.3 is 0 Å². The largest absolute Gasteiger partial charge is 0.254 e. The maximum Gasteiger partial charge on any atom is 0.0970 e. The van der Waals surface area contributed by atoms with E-state index in [1.54, 1.807) is 0 Å². The van der Waals surface area contributed by atoms with Gasteiger partial charge in [-0.25, -0.2) is 4.98 Å². The second kappa shape index (κ2) is 12.7. The van der Waals surface area contributed by atoms with Crippen LogP contribution in [0.2, 0.25) is 0 Å². The van der Waals surface area contributed by atoms with Crippen molar-refractivity contribution in [2.24, 2.45) is 0 Å². The third-order valence-corrected chi connectivity index (χ3v) is 12.7. The van der Waals surface area contributed by atoms with Crippen molar-refractivity contribution in [3.05, 3.63) is 200 Å². The lowest BCUT2D eigenvalue weighted by molar-refractivity contribution is 1.37. The number of aromatic nitrogens is 3. The van der Waals surface area contributed by atoms with Crippen molar-refractivity contribution in [1.82, 2.24) is 15.0 Å². The van der Waals surface area contributed by atoms with Crippen molar-refractivity contribution >= 4 is 97.3 Å². The first kappa shape index (κ1) is 33.0. The smallest absolute Gasteiger partial charge is 0.0970 e. The number of hydrogen-bond donors (Lipinski definition) is 0. The predicted molar refractivity (Wildman–Crippen MR) is 254 cm³/mol. The van der Waals surface area contributed by atoms with E-state index >= 15 is 0 Å². The summed E-state index contributed by atoms with van der Waals surface area (Å²) in [6, 6.07) is 68.5. The van der Waals surface area contributed by atoms with Crippen molar-refractivity contribution < 1.29 is 0 Å². The fraction of sp³-hybridized carbons (Fsp3) is 0. The Hall–Kier alpha value is -8.01. The van der Waals surface area contributed by atoms with Crippen LogP contribution in [0.4, 0.5) is 0 Å². The minimum Gasteiger partial charge on any atom is -0.254 e. The number of pyridine rings is 3. The van der Waals surface area contributed by atoms with Crippen molar-refractivity contribution in [3.8, 4) is 33.5 Å². The molecule has 3 aromatic heterocycles. The highest BCUT2D eigenvalue weighted by Crippen LogP contribution is 2.44. The van der Waals surface area contributed by atoms with Gasteiger partial charge in [0.15, 0.2) is 0 Å². The van der Waals surface area contributed by atoms with Crippen LogP contribution in [0.25, 0.3) is 131 Å². The molecular formula is C57H33N3. The topological polar surface area (TPSA) is 38.7 Å². The maximum atomic E-state index is 5.44. The number of hydrogen-bond acceptors (Lipinski definition) is 3. The van der Waals surface area contributed by atoms with Crippen molar-refractivity contribution in [2.75, 3.05) is 0 Å². The van der Waals surface area contributed by atoms with Gasteiger partial charge in [0.05, 0.1) is 22.2 Å². The molecule has 13 aromatic rings. The number of rotatable bonds is 3. The van der Waals surface area contributed by atoms with Gasteiger partial charge < -0.3 is 0 Å². The van der Waals surface area contributed by atoms with E-state index in [9.17, 15) is 0 Å².